The molecule has 2 N–H and O–H groups in total. The Balaban J connectivity index is 2.79. The molecule has 1 unspecified atom stereocenters. The molecule has 17 heavy (non-hydrogen) atoms. The van der Waals surface area contributed by atoms with E-state index in [0.717, 1.165) is 9.13 Å². The van der Waals surface area contributed by atoms with Crippen molar-refractivity contribution in [2.75, 3.05) is 20.3 Å². The molecule has 0 heterocycles. The summed E-state index contributed by atoms with van der Waals surface area (Å²) in [6, 6.07) is 5.20. The van der Waals surface area contributed by atoms with Gasteiger partial charge in [-0.3, -0.25) is 4.79 Å². The number of methoxy groups -OCH3 is 1. The van der Waals surface area contributed by atoms with Gasteiger partial charge in [0.05, 0.1) is 24.8 Å². The molecule has 4 nitrogen and oxygen atoms in total. The molecule has 0 fully saturated rings. The van der Waals surface area contributed by atoms with Crippen molar-refractivity contribution in [1.29, 1.82) is 0 Å². The van der Waals surface area contributed by atoms with Gasteiger partial charge in [-0.15, -0.1) is 0 Å². The Bertz CT molecular complexity index is 395. The molecule has 0 aromatic heterocycles. The SMILES string of the molecule is COCC(CO)NC(=O)c1cccc(C)c1I. The van der Waals surface area contributed by atoms with E-state index in [9.17, 15) is 4.79 Å². The molecule has 1 atom stereocenters. The summed E-state index contributed by atoms with van der Waals surface area (Å²) in [5.74, 6) is -0.186. The Hall–Kier alpha value is -0.660. The van der Waals surface area contributed by atoms with E-state index in [1.807, 2.05) is 19.1 Å². The lowest BCUT2D eigenvalue weighted by Crippen LogP contribution is -2.40. The first-order chi connectivity index (χ1) is 8.10. The summed E-state index contributed by atoms with van der Waals surface area (Å²) in [5.41, 5.74) is 1.69. The zero-order valence-electron chi connectivity index (χ0n) is 9.87. The van der Waals surface area contributed by atoms with Gasteiger partial charge in [0, 0.05) is 10.7 Å². The molecule has 0 radical (unpaired) electrons. The number of hydrogen-bond donors (Lipinski definition) is 2. The summed E-state index contributed by atoms with van der Waals surface area (Å²) in [5, 5.41) is 11.8. The summed E-state index contributed by atoms with van der Waals surface area (Å²) >= 11 is 2.15. The molecule has 0 spiro atoms. The number of aryl methyl sites for hydroxylation is 1. The highest BCUT2D eigenvalue weighted by Crippen LogP contribution is 2.16. The van der Waals surface area contributed by atoms with Crippen LogP contribution in [0.5, 0.6) is 0 Å². The number of amides is 1. The minimum Gasteiger partial charge on any atom is -0.394 e. The van der Waals surface area contributed by atoms with Crippen LogP contribution >= 0.6 is 22.6 Å². The minimum absolute atomic E-state index is 0.137. The number of rotatable bonds is 5. The molecule has 1 aromatic carbocycles. The number of nitrogens with one attached hydrogen (secondary N) is 1. The Morgan fingerprint density at radius 3 is 2.88 bits per heavy atom. The van der Waals surface area contributed by atoms with Crippen molar-refractivity contribution in [3.63, 3.8) is 0 Å². The summed E-state index contributed by atoms with van der Waals surface area (Å²) < 4.78 is 5.84. The van der Waals surface area contributed by atoms with Crippen molar-refractivity contribution >= 4 is 28.5 Å². The first-order valence-electron chi connectivity index (χ1n) is 5.26. The van der Waals surface area contributed by atoms with Crippen LogP contribution in [-0.4, -0.2) is 37.4 Å². The van der Waals surface area contributed by atoms with Gasteiger partial charge in [0.25, 0.3) is 5.91 Å². The van der Waals surface area contributed by atoms with Gasteiger partial charge in [-0.25, -0.2) is 0 Å². The topological polar surface area (TPSA) is 58.6 Å². The summed E-state index contributed by atoms with van der Waals surface area (Å²) in [4.78, 5) is 12.0. The number of halogens is 1. The first-order valence-corrected chi connectivity index (χ1v) is 6.33. The first kappa shape index (κ1) is 14.4. The molecule has 0 aliphatic rings. The number of hydrogen-bond acceptors (Lipinski definition) is 3. The molecule has 1 amide bonds. The number of aliphatic hydroxyl groups excluding tert-OH is 1. The van der Waals surface area contributed by atoms with Crippen molar-refractivity contribution < 1.29 is 14.6 Å². The second-order valence-corrected chi connectivity index (χ2v) is 4.82. The van der Waals surface area contributed by atoms with Crippen molar-refractivity contribution in [3.05, 3.63) is 32.9 Å². The van der Waals surface area contributed by atoms with E-state index in [0.29, 0.717) is 12.2 Å². The van der Waals surface area contributed by atoms with Crippen LogP contribution < -0.4 is 5.32 Å². The van der Waals surface area contributed by atoms with Gasteiger partial charge in [0.15, 0.2) is 0 Å². The molecule has 0 aliphatic carbocycles. The van der Waals surface area contributed by atoms with Crippen molar-refractivity contribution in [1.82, 2.24) is 5.32 Å². The highest BCUT2D eigenvalue weighted by molar-refractivity contribution is 14.1. The number of benzene rings is 1. The van der Waals surface area contributed by atoms with Gasteiger partial charge < -0.3 is 15.2 Å². The number of aliphatic hydroxyl groups is 1. The van der Waals surface area contributed by atoms with E-state index in [4.69, 9.17) is 9.84 Å². The van der Waals surface area contributed by atoms with Crippen LogP contribution in [-0.2, 0) is 4.74 Å². The predicted molar refractivity (Wildman–Crippen MR) is 74.1 cm³/mol. The highest BCUT2D eigenvalue weighted by atomic mass is 127. The molecule has 0 saturated carbocycles. The van der Waals surface area contributed by atoms with Crippen molar-refractivity contribution in [3.8, 4) is 0 Å². The van der Waals surface area contributed by atoms with Gasteiger partial charge in [-0.05, 0) is 41.1 Å². The lowest BCUT2D eigenvalue weighted by Gasteiger charge is -2.16. The molecule has 0 aliphatic heterocycles. The fourth-order valence-electron chi connectivity index (χ4n) is 1.43. The maximum atomic E-state index is 12.0. The number of ether oxygens (including phenoxy) is 1. The van der Waals surface area contributed by atoms with Gasteiger partial charge in [0.2, 0.25) is 0 Å². The lowest BCUT2D eigenvalue weighted by atomic mass is 10.1. The number of carbonyl (C=O) groups excluding carboxylic acids is 1. The van der Waals surface area contributed by atoms with Crippen LogP contribution in [0, 0.1) is 10.5 Å². The average molecular weight is 349 g/mol. The second-order valence-electron chi connectivity index (χ2n) is 3.74. The third-order valence-electron chi connectivity index (χ3n) is 2.36. The van der Waals surface area contributed by atoms with E-state index < -0.39 is 0 Å². The molecule has 94 valence electrons. The maximum absolute atomic E-state index is 12.0. The van der Waals surface area contributed by atoms with E-state index in [1.54, 1.807) is 6.07 Å². The zero-order chi connectivity index (χ0) is 12.8. The second kappa shape index (κ2) is 6.93. The fourth-order valence-corrected chi connectivity index (χ4v) is 2.03. The molecular weight excluding hydrogens is 333 g/mol. The standard InChI is InChI=1S/C12H16INO3/c1-8-4-3-5-10(11(8)13)12(16)14-9(6-15)7-17-2/h3-5,9,15H,6-7H2,1-2H3,(H,14,16). The van der Waals surface area contributed by atoms with E-state index in [2.05, 4.69) is 27.9 Å². The summed E-state index contributed by atoms with van der Waals surface area (Å²) in [6.45, 7) is 2.11. The average Bonchev–Trinajstić information content (AvgIpc) is 2.31. The highest BCUT2D eigenvalue weighted by Gasteiger charge is 2.15. The smallest absolute Gasteiger partial charge is 0.252 e. The van der Waals surface area contributed by atoms with Crippen LogP contribution in [0.2, 0.25) is 0 Å². The normalized spacial score (nSPS) is 12.2. The maximum Gasteiger partial charge on any atom is 0.252 e. The summed E-state index contributed by atoms with van der Waals surface area (Å²) in [7, 11) is 1.53. The zero-order valence-corrected chi connectivity index (χ0v) is 12.0. The Kier molecular flexibility index (Phi) is 5.87. The van der Waals surface area contributed by atoms with E-state index >= 15 is 0 Å². The molecular formula is C12H16INO3. The van der Waals surface area contributed by atoms with Crippen LogP contribution in [0.3, 0.4) is 0 Å². The molecule has 5 heteroatoms. The monoisotopic (exact) mass is 349 g/mol. The van der Waals surface area contributed by atoms with Gasteiger partial charge in [-0.2, -0.15) is 0 Å². The van der Waals surface area contributed by atoms with Crippen LogP contribution in [0.1, 0.15) is 15.9 Å². The summed E-state index contributed by atoms with van der Waals surface area (Å²) in [6.07, 6.45) is 0. The third kappa shape index (κ3) is 3.93. The minimum atomic E-state index is -0.371. The molecule has 0 bridgehead atoms. The van der Waals surface area contributed by atoms with Gasteiger partial charge >= 0.3 is 0 Å². The van der Waals surface area contributed by atoms with Gasteiger partial charge in [0.1, 0.15) is 0 Å². The van der Waals surface area contributed by atoms with Crippen molar-refractivity contribution in [2.45, 2.75) is 13.0 Å². The van der Waals surface area contributed by atoms with Gasteiger partial charge in [-0.1, -0.05) is 12.1 Å². The Morgan fingerprint density at radius 2 is 2.29 bits per heavy atom. The largest absolute Gasteiger partial charge is 0.394 e. The molecule has 1 aromatic rings. The van der Waals surface area contributed by atoms with Crippen LogP contribution in [0.4, 0.5) is 0 Å². The van der Waals surface area contributed by atoms with E-state index in [-0.39, 0.29) is 18.6 Å². The molecule has 1 rings (SSSR count). The third-order valence-corrected chi connectivity index (χ3v) is 3.79. The van der Waals surface area contributed by atoms with E-state index in [1.165, 1.54) is 7.11 Å². The predicted octanol–water partition coefficient (Wildman–Crippen LogP) is 1.34. The van der Waals surface area contributed by atoms with Crippen LogP contribution in [0.25, 0.3) is 0 Å². The lowest BCUT2D eigenvalue weighted by molar-refractivity contribution is 0.0839. The van der Waals surface area contributed by atoms with Crippen molar-refractivity contribution in [2.24, 2.45) is 0 Å². The quantitative estimate of drug-likeness (QED) is 0.789. The molecule has 0 saturated heterocycles. The van der Waals surface area contributed by atoms with Crippen LogP contribution in [0.15, 0.2) is 18.2 Å². The number of carbonyl (C=O) groups is 1. The Morgan fingerprint density at radius 1 is 1.59 bits per heavy atom. The fraction of sp³-hybridized carbons (Fsp3) is 0.417. The Labute approximate surface area is 115 Å².